The number of anilines is 1. The Bertz CT molecular complexity index is 1090. The summed E-state index contributed by atoms with van der Waals surface area (Å²) < 4.78 is 10.6. The van der Waals surface area contributed by atoms with Gasteiger partial charge in [-0.05, 0) is 35.0 Å². The summed E-state index contributed by atoms with van der Waals surface area (Å²) in [6, 6.07) is 15.8. The molecule has 140 valence electrons. The number of esters is 1. The zero-order valence-electron chi connectivity index (χ0n) is 14.5. The lowest BCUT2D eigenvalue weighted by Crippen LogP contribution is -2.15. The van der Waals surface area contributed by atoms with E-state index in [0.717, 1.165) is 4.88 Å². The number of nitrogens with one attached hydrogen (secondary N) is 1. The number of amides is 1. The van der Waals surface area contributed by atoms with Gasteiger partial charge in [-0.25, -0.2) is 4.79 Å². The van der Waals surface area contributed by atoms with Crippen LogP contribution in [0.25, 0.3) is 10.6 Å². The topological polar surface area (TPSA) is 81.4 Å². The molecule has 1 amide bonds. The zero-order valence-corrected chi connectivity index (χ0v) is 16.1. The standard InChI is InChI=1S/C20H14N2O4S2/c23-19(18-8-4-10-28-18)21-15-6-2-1-5-14(15)20(24)25-12-13-11-16(26-22-13)17-7-3-9-27-17/h1-11H,12H2,(H,21,23). The van der Waals surface area contributed by atoms with Gasteiger partial charge in [-0.2, -0.15) is 0 Å². The SMILES string of the molecule is O=C(Nc1ccccc1C(=O)OCc1cc(-c2cccs2)on1)c1cccs1. The molecule has 0 aliphatic rings. The second-order valence-corrected chi connectivity index (χ2v) is 7.61. The van der Waals surface area contributed by atoms with Gasteiger partial charge in [0, 0.05) is 6.07 Å². The van der Waals surface area contributed by atoms with Crippen LogP contribution in [-0.4, -0.2) is 17.0 Å². The van der Waals surface area contributed by atoms with Crippen LogP contribution in [0.15, 0.2) is 69.9 Å². The minimum atomic E-state index is -0.553. The Labute approximate surface area is 168 Å². The van der Waals surface area contributed by atoms with Crippen molar-refractivity contribution < 1.29 is 18.8 Å². The number of aromatic nitrogens is 1. The van der Waals surface area contributed by atoms with Gasteiger partial charge >= 0.3 is 5.97 Å². The van der Waals surface area contributed by atoms with E-state index in [1.54, 1.807) is 42.5 Å². The van der Waals surface area contributed by atoms with Crippen LogP contribution in [0.5, 0.6) is 0 Å². The minimum Gasteiger partial charge on any atom is -0.455 e. The Morgan fingerprint density at radius 1 is 1.04 bits per heavy atom. The molecule has 28 heavy (non-hydrogen) atoms. The van der Waals surface area contributed by atoms with E-state index in [9.17, 15) is 9.59 Å². The number of nitrogens with zero attached hydrogens (tertiary/aromatic N) is 1. The molecule has 0 radical (unpaired) electrons. The second kappa shape index (κ2) is 8.20. The molecule has 0 aliphatic carbocycles. The van der Waals surface area contributed by atoms with Crippen molar-refractivity contribution >= 4 is 40.2 Å². The molecular formula is C20H14N2O4S2. The summed E-state index contributed by atoms with van der Waals surface area (Å²) in [6.07, 6.45) is 0. The van der Waals surface area contributed by atoms with Crippen molar-refractivity contribution in [3.05, 3.63) is 81.5 Å². The van der Waals surface area contributed by atoms with E-state index >= 15 is 0 Å². The first-order valence-electron chi connectivity index (χ1n) is 8.31. The third-order valence-electron chi connectivity index (χ3n) is 3.81. The molecule has 3 heterocycles. The van der Waals surface area contributed by atoms with Gasteiger partial charge in [0.15, 0.2) is 5.76 Å². The Morgan fingerprint density at radius 2 is 1.86 bits per heavy atom. The van der Waals surface area contributed by atoms with E-state index in [2.05, 4.69) is 10.5 Å². The summed E-state index contributed by atoms with van der Waals surface area (Å²) in [5, 5.41) is 10.4. The van der Waals surface area contributed by atoms with Crippen molar-refractivity contribution in [1.29, 1.82) is 0 Å². The molecule has 0 aliphatic heterocycles. The average Bonchev–Trinajstić information content (AvgIpc) is 3.48. The highest BCUT2D eigenvalue weighted by Crippen LogP contribution is 2.25. The Balaban J connectivity index is 1.43. The van der Waals surface area contributed by atoms with E-state index in [-0.39, 0.29) is 18.1 Å². The van der Waals surface area contributed by atoms with Crippen LogP contribution in [-0.2, 0) is 11.3 Å². The highest BCUT2D eigenvalue weighted by molar-refractivity contribution is 7.13. The van der Waals surface area contributed by atoms with Crippen LogP contribution in [0.3, 0.4) is 0 Å². The van der Waals surface area contributed by atoms with Crippen LogP contribution in [0.2, 0.25) is 0 Å². The highest BCUT2D eigenvalue weighted by atomic mass is 32.1. The van der Waals surface area contributed by atoms with Gasteiger partial charge in [-0.3, -0.25) is 4.79 Å². The number of hydrogen-bond acceptors (Lipinski definition) is 7. The number of ether oxygens (including phenoxy) is 1. The largest absolute Gasteiger partial charge is 0.455 e. The lowest BCUT2D eigenvalue weighted by Gasteiger charge is -2.09. The molecule has 0 bridgehead atoms. The summed E-state index contributed by atoms with van der Waals surface area (Å²) in [6.45, 7) is -0.0269. The molecule has 0 saturated heterocycles. The minimum absolute atomic E-state index is 0.0269. The molecule has 1 N–H and O–H groups in total. The lowest BCUT2D eigenvalue weighted by molar-refractivity contribution is 0.0465. The summed E-state index contributed by atoms with van der Waals surface area (Å²) in [7, 11) is 0. The first-order valence-corrected chi connectivity index (χ1v) is 10.1. The molecule has 1 aromatic carbocycles. The molecule has 3 aromatic heterocycles. The number of thiophene rings is 2. The van der Waals surface area contributed by atoms with E-state index in [4.69, 9.17) is 9.26 Å². The molecule has 0 atom stereocenters. The predicted molar refractivity (Wildman–Crippen MR) is 108 cm³/mol. The van der Waals surface area contributed by atoms with Gasteiger partial charge in [0.1, 0.15) is 12.3 Å². The first kappa shape index (κ1) is 18.1. The number of para-hydroxylation sites is 1. The van der Waals surface area contributed by atoms with Crippen molar-refractivity contribution in [1.82, 2.24) is 5.16 Å². The van der Waals surface area contributed by atoms with E-state index in [1.807, 2.05) is 22.9 Å². The van der Waals surface area contributed by atoms with E-state index in [0.29, 0.717) is 22.0 Å². The average molecular weight is 410 g/mol. The van der Waals surface area contributed by atoms with Gasteiger partial charge in [0.05, 0.1) is 21.0 Å². The number of carbonyl (C=O) groups excluding carboxylic acids is 2. The number of hydrogen-bond donors (Lipinski definition) is 1. The third kappa shape index (κ3) is 4.03. The predicted octanol–water partition coefficient (Wildman–Crippen LogP) is 5.07. The molecule has 0 saturated carbocycles. The maximum atomic E-state index is 12.5. The van der Waals surface area contributed by atoms with Gasteiger partial charge in [0.2, 0.25) is 0 Å². The first-order chi connectivity index (χ1) is 13.7. The van der Waals surface area contributed by atoms with Crippen molar-refractivity contribution in [2.75, 3.05) is 5.32 Å². The van der Waals surface area contributed by atoms with Gasteiger partial charge < -0.3 is 14.6 Å². The van der Waals surface area contributed by atoms with Crippen molar-refractivity contribution in [3.8, 4) is 10.6 Å². The third-order valence-corrected chi connectivity index (χ3v) is 5.57. The Kier molecular flexibility index (Phi) is 5.31. The van der Waals surface area contributed by atoms with Crippen LogP contribution < -0.4 is 5.32 Å². The summed E-state index contributed by atoms with van der Waals surface area (Å²) in [4.78, 5) is 26.3. The fourth-order valence-electron chi connectivity index (χ4n) is 2.49. The maximum Gasteiger partial charge on any atom is 0.340 e. The molecular weight excluding hydrogens is 396 g/mol. The Hall–Kier alpha value is -3.23. The molecule has 6 nitrogen and oxygen atoms in total. The smallest absolute Gasteiger partial charge is 0.340 e. The zero-order chi connectivity index (χ0) is 19.3. The number of rotatable bonds is 6. The van der Waals surface area contributed by atoms with Crippen LogP contribution in [0.4, 0.5) is 5.69 Å². The monoisotopic (exact) mass is 410 g/mol. The van der Waals surface area contributed by atoms with Crippen LogP contribution in [0.1, 0.15) is 25.7 Å². The fourth-order valence-corrected chi connectivity index (χ4v) is 3.79. The number of benzene rings is 1. The van der Waals surface area contributed by atoms with Crippen molar-refractivity contribution in [2.45, 2.75) is 6.61 Å². The summed E-state index contributed by atoms with van der Waals surface area (Å²) in [5.41, 5.74) is 1.18. The number of carbonyl (C=O) groups is 2. The second-order valence-electron chi connectivity index (χ2n) is 5.71. The molecule has 0 spiro atoms. The van der Waals surface area contributed by atoms with Gasteiger partial charge in [0.25, 0.3) is 5.91 Å². The molecule has 0 unspecified atom stereocenters. The van der Waals surface area contributed by atoms with E-state index in [1.165, 1.54) is 22.7 Å². The summed E-state index contributed by atoms with van der Waals surface area (Å²) in [5.74, 6) is -0.195. The Morgan fingerprint density at radius 3 is 2.64 bits per heavy atom. The lowest BCUT2D eigenvalue weighted by atomic mass is 10.1. The molecule has 4 aromatic rings. The van der Waals surface area contributed by atoms with Gasteiger partial charge in [-0.15, -0.1) is 22.7 Å². The summed E-state index contributed by atoms with van der Waals surface area (Å²) >= 11 is 2.86. The quantitative estimate of drug-likeness (QED) is 0.449. The molecule has 0 fully saturated rings. The maximum absolute atomic E-state index is 12.5. The van der Waals surface area contributed by atoms with Crippen LogP contribution >= 0.6 is 22.7 Å². The highest BCUT2D eigenvalue weighted by Gasteiger charge is 2.17. The van der Waals surface area contributed by atoms with Crippen molar-refractivity contribution in [3.63, 3.8) is 0 Å². The van der Waals surface area contributed by atoms with E-state index < -0.39 is 5.97 Å². The van der Waals surface area contributed by atoms with Crippen molar-refractivity contribution in [2.24, 2.45) is 0 Å². The molecule has 8 heteroatoms. The fraction of sp³-hybridized carbons (Fsp3) is 0.0500. The molecule has 4 rings (SSSR count). The van der Waals surface area contributed by atoms with Gasteiger partial charge in [-0.1, -0.05) is 29.4 Å². The van der Waals surface area contributed by atoms with Crippen LogP contribution in [0, 0.1) is 0 Å². The normalized spacial score (nSPS) is 10.6.